The first-order chi connectivity index (χ1) is 5.24. The number of halogens is 1. The lowest BCUT2D eigenvalue weighted by molar-refractivity contribution is -0.176. The molecule has 0 aromatic rings. The lowest BCUT2D eigenvalue weighted by Crippen LogP contribution is -2.36. The number of ether oxygens (including phenoxy) is 2. The minimum Gasteiger partial charge on any atom is -0.338 e. The van der Waals surface area contributed by atoms with Crippen LogP contribution in [0.25, 0.3) is 0 Å². The highest BCUT2D eigenvalue weighted by atomic mass is 79.9. The third kappa shape index (κ3) is 3.19. The van der Waals surface area contributed by atoms with Crippen molar-refractivity contribution in [2.75, 3.05) is 18.5 Å². The van der Waals surface area contributed by atoms with Gasteiger partial charge in [-0.05, 0) is 13.8 Å². The second-order valence-electron chi connectivity index (χ2n) is 1.86. The molecule has 0 radical (unpaired) electrons. The average Bonchev–Trinajstić information content (AvgIpc) is 2.04. The molecule has 4 heteroatoms. The maximum absolute atomic E-state index is 8.71. The van der Waals surface area contributed by atoms with Crippen LogP contribution >= 0.6 is 15.9 Å². The molecule has 0 atom stereocenters. The predicted molar refractivity (Wildman–Crippen MR) is 45.4 cm³/mol. The number of alkyl halides is 1. The second-order valence-corrected chi connectivity index (χ2v) is 2.43. The normalized spacial score (nSPS) is 11.1. The van der Waals surface area contributed by atoms with Crippen molar-refractivity contribution in [3.05, 3.63) is 0 Å². The Kier molecular flexibility index (Phi) is 5.47. The summed E-state index contributed by atoms with van der Waals surface area (Å²) in [5, 5.41) is 9.08. The Morgan fingerprint density at radius 1 is 1.36 bits per heavy atom. The summed E-state index contributed by atoms with van der Waals surface area (Å²) in [7, 11) is 0. The van der Waals surface area contributed by atoms with Crippen molar-refractivity contribution in [2.24, 2.45) is 0 Å². The Labute approximate surface area is 75.4 Å². The molecule has 0 fully saturated rings. The lowest BCUT2D eigenvalue weighted by atomic mass is 10.3. The summed E-state index contributed by atoms with van der Waals surface area (Å²) >= 11 is 3.16. The number of nitrogens with zero attached hydrogens (tertiary/aromatic N) is 1. The van der Waals surface area contributed by atoms with E-state index in [4.69, 9.17) is 14.7 Å². The topological polar surface area (TPSA) is 42.2 Å². The maximum atomic E-state index is 8.71. The molecule has 0 aliphatic heterocycles. The Balaban J connectivity index is 4.11. The minimum absolute atomic E-state index is 0.373. The van der Waals surface area contributed by atoms with E-state index in [2.05, 4.69) is 15.9 Å². The monoisotopic (exact) mass is 221 g/mol. The molecule has 0 aliphatic carbocycles. The van der Waals surface area contributed by atoms with Crippen LogP contribution in [0.2, 0.25) is 0 Å². The van der Waals surface area contributed by atoms with Gasteiger partial charge in [0.1, 0.15) is 6.07 Å². The molecule has 0 heterocycles. The molecule has 64 valence electrons. The molecule has 3 nitrogen and oxygen atoms in total. The summed E-state index contributed by atoms with van der Waals surface area (Å²) in [6.07, 6.45) is 0. The average molecular weight is 222 g/mol. The third-order valence-corrected chi connectivity index (χ3v) is 1.84. The summed E-state index contributed by atoms with van der Waals surface area (Å²) in [6, 6.07) is 1.98. The number of hydrogen-bond donors (Lipinski definition) is 0. The molecule has 0 aromatic heterocycles. The smallest absolute Gasteiger partial charge is 0.269 e. The van der Waals surface area contributed by atoms with E-state index in [0.29, 0.717) is 18.5 Å². The van der Waals surface area contributed by atoms with Crippen LogP contribution in [0, 0.1) is 11.3 Å². The van der Waals surface area contributed by atoms with Gasteiger partial charge in [0, 0.05) is 13.2 Å². The van der Waals surface area contributed by atoms with Gasteiger partial charge in [0.25, 0.3) is 5.79 Å². The Morgan fingerprint density at radius 3 is 2.00 bits per heavy atom. The zero-order chi connectivity index (χ0) is 8.74. The number of nitriles is 1. The van der Waals surface area contributed by atoms with Crippen molar-refractivity contribution in [1.82, 2.24) is 0 Å². The van der Waals surface area contributed by atoms with Gasteiger partial charge in [-0.1, -0.05) is 15.9 Å². The summed E-state index contributed by atoms with van der Waals surface area (Å²) in [5.74, 6) is -1.09. The first kappa shape index (κ1) is 10.9. The van der Waals surface area contributed by atoms with Crippen molar-refractivity contribution in [3.8, 4) is 6.07 Å². The van der Waals surface area contributed by atoms with Crippen LogP contribution < -0.4 is 0 Å². The molecule has 0 unspecified atom stereocenters. The van der Waals surface area contributed by atoms with Gasteiger partial charge in [-0.2, -0.15) is 5.26 Å². The van der Waals surface area contributed by atoms with Gasteiger partial charge in [-0.25, -0.2) is 0 Å². The van der Waals surface area contributed by atoms with Crippen LogP contribution in [0.4, 0.5) is 0 Å². The molecule has 0 amide bonds. The zero-order valence-electron chi connectivity index (χ0n) is 6.76. The Morgan fingerprint density at radius 2 is 1.82 bits per heavy atom. The zero-order valence-corrected chi connectivity index (χ0v) is 8.35. The quantitative estimate of drug-likeness (QED) is 0.524. The third-order valence-electron chi connectivity index (χ3n) is 1.10. The molecule has 0 aromatic carbocycles. The van der Waals surface area contributed by atoms with Gasteiger partial charge in [0.05, 0.1) is 5.33 Å². The summed E-state index contributed by atoms with van der Waals surface area (Å²) in [4.78, 5) is 0. The van der Waals surface area contributed by atoms with Crippen molar-refractivity contribution in [1.29, 1.82) is 5.26 Å². The fourth-order valence-electron chi connectivity index (χ4n) is 0.680. The summed E-state index contributed by atoms with van der Waals surface area (Å²) in [5.41, 5.74) is 0. The van der Waals surface area contributed by atoms with E-state index in [0.717, 1.165) is 0 Å². The van der Waals surface area contributed by atoms with E-state index in [-0.39, 0.29) is 0 Å². The standard InChI is InChI=1S/C7H12BrNO2/c1-3-10-7(5-8,6-9)11-4-2/h3-5H2,1-2H3. The molecule has 0 saturated carbocycles. The van der Waals surface area contributed by atoms with Crippen molar-refractivity contribution >= 4 is 15.9 Å². The molecule has 11 heavy (non-hydrogen) atoms. The first-order valence-corrected chi connectivity index (χ1v) is 4.62. The molecule has 0 aliphatic rings. The molecular formula is C7H12BrNO2. The highest BCUT2D eigenvalue weighted by Crippen LogP contribution is 2.14. The van der Waals surface area contributed by atoms with Gasteiger partial charge >= 0.3 is 0 Å². The molecular weight excluding hydrogens is 210 g/mol. The van der Waals surface area contributed by atoms with Gasteiger partial charge in [-0.3, -0.25) is 0 Å². The number of rotatable bonds is 5. The maximum Gasteiger partial charge on any atom is 0.269 e. The van der Waals surface area contributed by atoms with E-state index in [1.54, 1.807) is 0 Å². The van der Waals surface area contributed by atoms with Gasteiger partial charge in [0.15, 0.2) is 0 Å². The molecule has 0 rings (SSSR count). The fourth-order valence-corrected chi connectivity index (χ4v) is 1.13. The largest absolute Gasteiger partial charge is 0.338 e. The number of hydrogen-bond acceptors (Lipinski definition) is 3. The Bertz CT molecular complexity index is 138. The van der Waals surface area contributed by atoms with Crippen LogP contribution in [0.1, 0.15) is 13.8 Å². The SMILES string of the molecule is CCOC(C#N)(CBr)OCC. The van der Waals surface area contributed by atoms with Crippen LogP contribution in [-0.4, -0.2) is 24.3 Å². The highest BCUT2D eigenvalue weighted by Gasteiger charge is 2.29. The summed E-state index contributed by atoms with van der Waals surface area (Å²) < 4.78 is 10.3. The molecule has 0 bridgehead atoms. The highest BCUT2D eigenvalue weighted by molar-refractivity contribution is 9.09. The van der Waals surface area contributed by atoms with Gasteiger partial charge in [-0.15, -0.1) is 0 Å². The van der Waals surface area contributed by atoms with Crippen LogP contribution in [0.3, 0.4) is 0 Å². The molecule has 0 spiro atoms. The van der Waals surface area contributed by atoms with E-state index in [9.17, 15) is 0 Å². The summed E-state index contributed by atoms with van der Waals surface area (Å²) in [6.45, 7) is 4.60. The van der Waals surface area contributed by atoms with E-state index in [1.807, 2.05) is 19.9 Å². The van der Waals surface area contributed by atoms with Gasteiger partial charge in [0.2, 0.25) is 0 Å². The minimum atomic E-state index is -1.09. The fraction of sp³-hybridized carbons (Fsp3) is 0.857. The van der Waals surface area contributed by atoms with E-state index >= 15 is 0 Å². The van der Waals surface area contributed by atoms with Crippen molar-refractivity contribution in [2.45, 2.75) is 19.6 Å². The van der Waals surface area contributed by atoms with Gasteiger partial charge < -0.3 is 9.47 Å². The van der Waals surface area contributed by atoms with E-state index < -0.39 is 5.79 Å². The second kappa shape index (κ2) is 5.53. The van der Waals surface area contributed by atoms with E-state index in [1.165, 1.54) is 0 Å². The lowest BCUT2D eigenvalue weighted by Gasteiger charge is -2.23. The van der Waals surface area contributed by atoms with Crippen LogP contribution in [0.5, 0.6) is 0 Å². The predicted octanol–water partition coefficient (Wildman–Crippen LogP) is 1.67. The van der Waals surface area contributed by atoms with Crippen LogP contribution in [0.15, 0.2) is 0 Å². The van der Waals surface area contributed by atoms with Crippen LogP contribution in [-0.2, 0) is 9.47 Å². The Hall–Kier alpha value is -0.110. The van der Waals surface area contributed by atoms with Crippen molar-refractivity contribution < 1.29 is 9.47 Å². The molecule has 0 saturated heterocycles. The first-order valence-electron chi connectivity index (χ1n) is 3.49. The van der Waals surface area contributed by atoms with Crippen molar-refractivity contribution in [3.63, 3.8) is 0 Å². The molecule has 0 N–H and O–H groups in total.